The van der Waals surface area contributed by atoms with Gasteiger partial charge in [0.2, 0.25) is 0 Å². The lowest BCUT2D eigenvalue weighted by atomic mass is 10.2. The summed E-state index contributed by atoms with van der Waals surface area (Å²) in [5.41, 5.74) is -2.24. The van der Waals surface area contributed by atoms with Crippen molar-refractivity contribution in [3.05, 3.63) is 0 Å². The Morgan fingerprint density at radius 1 is 0.735 bits per heavy atom. The van der Waals surface area contributed by atoms with Crippen molar-refractivity contribution in [3.8, 4) is 0 Å². The Morgan fingerprint density at radius 3 is 1.50 bits per heavy atom. The van der Waals surface area contributed by atoms with E-state index in [4.69, 9.17) is 19.3 Å². The molecule has 0 aliphatic rings. The molecule has 0 rings (SSSR count). The molecule has 4 amide bonds. The van der Waals surface area contributed by atoms with Crippen LogP contribution in [0.2, 0.25) is 0 Å². The molecule has 0 spiro atoms. The molecule has 0 atom stereocenters. The molecule has 34 heavy (non-hydrogen) atoms. The number of nitrogens with zero attached hydrogens (tertiary/aromatic N) is 1. The van der Waals surface area contributed by atoms with Crippen LogP contribution in [0, 0.1) is 0 Å². The number of ether oxygens (including phenoxy) is 3. The van der Waals surface area contributed by atoms with Crippen molar-refractivity contribution in [2.45, 2.75) is 91.6 Å². The van der Waals surface area contributed by atoms with E-state index in [9.17, 15) is 19.2 Å². The van der Waals surface area contributed by atoms with E-state index >= 15 is 0 Å². The van der Waals surface area contributed by atoms with Crippen LogP contribution in [0.4, 0.5) is 19.2 Å². The van der Waals surface area contributed by atoms with Crippen molar-refractivity contribution in [3.63, 3.8) is 0 Å². The zero-order valence-electron chi connectivity index (χ0n) is 21.9. The van der Waals surface area contributed by atoms with Crippen molar-refractivity contribution < 1.29 is 38.5 Å². The topological polar surface area (TPSA) is 156 Å². The summed E-state index contributed by atoms with van der Waals surface area (Å²) in [5.74, 6) is 0. The summed E-state index contributed by atoms with van der Waals surface area (Å²) in [6, 6.07) is -0.736. The molecule has 0 unspecified atom stereocenters. The Balaban J connectivity index is 5.59. The standard InChI is InChI=1S/C22H42N4O8/c1-20(2,3)32-17(29)24-13-15(14-25-18(30)33-21(4,5)6)26(12-10-11-23-16(27)28)19(31)34-22(7,8)9/h15,23H,10-14H2,1-9H3,(H,24,29)(H,25,30)(H,27,28). The lowest BCUT2D eigenvalue weighted by Gasteiger charge is -2.34. The number of rotatable bonds is 9. The van der Waals surface area contributed by atoms with Crippen LogP contribution in [0.25, 0.3) is 0 Å². The van der Waals surface area contributed by atoms with E-state index in [1.54, 1.807) is 62.3 Å². The van der Waals surface area contributed by atoms with Gasteiger partial charge in [-0.15, -0.1) is 0 Å². The zero-order valence-corrected chi connectivity index (χ0v) is 21.9. The van der Waals surface area contributed by atoms with Crippen LogP contribution in [0.3, 0.4) is 0 Å². The number of alkyl carbamates (subject to hydrolysis) is 2. The zero-order chi connectivity index (χ0) is 26.7. The summed E-state index contributed by atoms with van der Waals surface area (Å²) in [6.45, 7) is 15.5. The second-order valence-electron chi connectivity index (χ2n) is 10.7. The summed E-state index contributed by atoms with van der Waals surface area (Å²) in [5, 5.41) is 16.2. The summed E-state index contributed by atoms with van der Waals surface area (Å²) in [6.07, 6.45) is -2.96. The lowest BCUT2D eigenvalue weighted by molar-refractivity contribution is 0.0130. The highest BCUT2D eigenvalue weighted by Gasteiger charge is 2.30. The highest BCUT2D eigenvalue weighted by atomic mass is 16.6. The van der Waals surface area contributed by atoms with Crippen LogP contribution in [0.1, 0.15) is 68.7 Å². The smallest absolute Gasteiger partial charge is 0.410 e. The molecule has 0 bridgehead atoms. The minimum absolute atomic E-state index is 0.0592. The number of hydrogen-bond acceptors (Lipinski definition) is 7. The van der Waals surface area contributed by atoms with Gasteiger partial charge in [-0.25, -0.2) is 19.2 Å². The van der Waals surface area contributed by atoms with E-state index in [-0.39, 0.29) is 32.6 Å². The molecule has 0 fully saturated rings. The van der Waals surface area contributed by atoms with E-state index in [0.717, 1.165) is 0 Å². The van der Waals surface area contributed by atoms with Gasteiger partial charge in [0, 0.05) is 26.2 Å². The molecule has 0 aliphatic heterocycles. The Labute approximate surface area is 202 Å². The van der Waals surface area contributed by atoms with Gasteiger partial charge in [0.15, 0.2) is 0 Å². The van der Waals surface area contributed by atoms with E-state index in [1.807, 2.05) is 0 Å². The molecule has 0 saturated carbocycles. The minimum atomic E-state index is -1.18. The Kier molecular flexibility index (Phi) is 12.0. The third-order valence-corrected chi connectivity index (χ3v) is 3.68. The fraction of sp³-hybridized carbons (Fsp3) is 0.818. The van der Waals surface area contributed by atoms with Gasteiger partial charge in [-0.2, -0.15) is 0 Å². The van der Waals surface area contributed by atoms with Crippen molar-refractivity contribution in [1.29, 1.82) is 0 Å². The van der Waals surface area contributed by atoms with Gasteiger partial charge in [-0.05, 0) is 68.7 Å². The quantitative estimate of drug-likeness (QED) is 0.283. The first-order chi connectivity index (χ1) is 15.3. The molecule has 0 aromatic heterocycles. The predicted molar refractivity (Wildman–Crippen MR) is 126 cm³/mol. The third-order valence-electron chi connectivity index (χ3n) is 3.68. The second-order valence-corrected chi connectivity index (χ2v) is 10.7. The maximum Gasteiger partial charge on any atom is 0.410 e. The lowest BCUT2D eigenvalue weighted by Crippen LogP contribution is -2.54. The summed E-state index contributed by atoms with van der Waals surface area (Å²) >= 11 is 0. The number of amides is 4. The number of carbonyl (C=O) groups is 4. The molecule has 12 heteroatoms. The Morgan fingerprint density at radius 2 is 1.15 bits per heavy atom. The Bertz CT molecular complexity index is 660. The second kappa shape index (κ2) is 13.1. The van der Waals surface area contributed by atoms with Gasteiger partial charge < -0.3 is 40.2 Å². The molecule has 12 nitrogen and oxygen atoms in total. The maximum absolute atomic E-state index is 13.0. The molecule has 0 aromatic rings. The van der Waals surface area contributed by atoms with Crippen molar-refractivity contribution >= 4 is 24.4 Å². The molecule has 0 aromatic carbocycles. The van der Waals surface area contributed by atoms with E-state index < -0.39 is 47.2 Å². The van der Waals surface area contributed by atoms with Crippen LogP contribution in [-0.4, -0.2) is 83.4 Å². The first-order valence-electron chi connectivity index (χ1n) is 11.2. The number of hydrogen-bond donors (Lipinski definition) is 4. The summed E-state index contributed by atoms with van der Waals surface area (Å²) in [4.78, 5) is 49.4. The molecule has 0 aliphatic carbocycles. The van der Waals surface area contributed by atoms with Crippen LogP contribution >= 0.6 is 0 Å². The fourth-order valence-corrected chi connectivity index (χ4v) is 2.51. The van der Waals surface area contributed by atoms with Gasteiger partial charge in [-0.1, -0.05) is 0 Å². The van der Waals surface area contributed by atoms with Crippen molar-refractivity contribution in [1.82, 2.24) is 20.9 Å². The highest BCUT2D eigenvalue weighted by molar-refractivity contribution is 5.71. The van der Waals surface area contributed by atoms with Crippen LogP contribution in [0.5, 0.6) is 0 Å². The molecule has 198 valence electrons. The average molecular weight is 491 g/mol. The molecule has 0 heterocycles. The van der Waals surface area contributed by atoms with Crippen LogP contribution in [-0.2, 0) is 14.2 Å². The normalized spacial score (nSPS) is 11.9. The van der Waals surface area contributed by atoms with Crippen molar-refractivity contribution in [2.75, 3.05) is 26.2 Å². The third kappa shape index (κ3) is 16.7. The van der Waals surface area contributed by atoms with Gasteiger partial charge in [-0.3, -0.25) is 0 Å². The molecule has 0 radical (unpaired) electrons. The van der Waals surface area contributed by atoms with E-state index in [1.165, 1.54) is 4.90 Å². The number of carboxylic acid groups (broad SMARTS) is 1. The minimum Gasteiger partial charge on any atom is -0.465 e. The molecule has 4 N–H and O–H groups in total. The first-order valence-corrected chi connectivity index (χ1v) is 11.2. The summed E-state index contributed by atoms with van der Waals surface area (Å²) < 4.78 is 16.0. The molecule has 0 saturated heterocycles. The number of nitrogens with one attached hydrogen (secondary N) is 3. The monoisotopic (exact) mass is 490 g/mol. The number of carbonyl (C=O) groups excluding carboxylic acids is 3. The molecular weight excluding hydrogens is 448 g/mol. The maximum atomic E-state index is 13.0. The average Bonchev–Trinajstić information content (AvgIpc) is 2.57. The highest BCUT2D eigenvalue weighted by Crippen LogP contribution is 2.14. The predicted octanol–water partition coefficient (Wildman–Crippen LogP) is 3.30. The fourth-order valence-electron chi connectivity index (χ4n) is 2.51. The SMILES string of the molecule is CC(C)(C)OC(=O)NCC(CNC(=O)OC(C)(C)C)N(CCCNC(=O)O)C(=O)OC(C)(C)C. The van der Waals surface area contributed by atoms with Gasteiger partial charge in [0.25, 0.3) is 0 Å². The van der Waals surface area contributed by atoms with Crippen LogP contribution < -0.4 is 16.0 Å². The van der Waals surface area contributed by atoms with E-state index in [0.29, 0.717) is 0 Å². The van der Waals surface area contributed by atoms with Crippen molar-refractivity contribution in [2.24, 2.45) is 0 Å². The largest absolute Gasteiger partial charge is 0.465 e. The van der Waals surface area contributed by atoms with Gasteiger partial charge in [0.05, 0.1) is 6.04 Å². The van der Waals surface area contributed by atoms with Gasteiger partial charge >= 0.3 is 24.4 Å². The summed E-state index contributed by atoms with van der Waals surface area (Å²) in [7, 11) is 0. The molecular formula is C22H42N4O8. The van der Waals surface area contributed by atoms with Crippen LogP contribution in [0.15, 0.2) is 0 Å². The Hall–Kier alpha value is -2.92. The van der Waals surface area contributed by atoms with E-state index in [2.05, 4.69) is 16.0 Å². The van der Waals surface area contributed by atoms with Gasteiger partial charge in [0.1, 0.15) is 16.8 Å². The first kappa shape index (κ1) is 31.1.